The van der Waals surface area contributed by atoms with E-state index >= 15 is 0 Å². The van der Waals surface area contributed by atoms with Crippen molar-refractivity contribution in [3.63, 3.8) is 0 Å². The van der Waals surface area contributed by atoms with Crippen molar-refractivity contribution in [1.29, 1.82) is 0 Å². The minimum absolute atomic E-state index is 0.289. The Morgan fingerprint density at radius 1 is 1.11 bits per heavy atom. The number of benzene rings is 1. The molecule has 0 N–H and O–H groups in total. The molecule has 0 amide bonds. The monoisotopic (exact) mass is 384 g/mol. The van der Waals surface area contributed by atoms with Gasteiger partial charge in [-0.05, 0) is 38.3 Å². The Balaban J connectivity index is 2.37. The molecule has 0 radical (unpaired) electrons. The Labute approximate surface area is 166 Å². The summed E-state index contributed by atoms with van der Waals surface area (Å²) in [6.45, 7) is 6.03. The molecule has 0 spiro atoms. The van der Waals surface area contributed by atoms with Gasteiger partial charge in [0.05, 0.1) is 18.0 Å². The summed E-state index contributed by atoms with van der Waals surface area (Å²) in [7, 11) is 0. The molecule has 0 saturated carbocycles. The maximum atomic E-state index is 12.4. The van der Waals surface area contributed by atoms with E-state index in [4.69, 9.17) is 16.3 Å². The molecule has 0 bridgehead atoms. The molecule has 1 heterocycles. The molecule has 0 atom stereocenters. The fourth-order valence-electron chi connectivity index (χ4n) is 2.67. The Kier molecular flexibility index (Phi) is 8.29. The first-order chi connectivity index (χ1) is 13.1. The smallest absolute Gasteiger partial charge is 0.342 e. The second kappa shape index (κ2) is 10.7. The highest BCUT2D eigenvalue weighted by Gasteiger charge is 2.20. The van der Waals surface area contributed by atoms with Crippen LogP contribution in [0.2, 0.25) is 5.02 Å². The van der Waals surface area contributed by atoms with Gasteiger partial charge in [-0.3, -0.25) is 0 Å². The number of aromatic nitrogens is 2. The minimum Gasteiger partial charge on any atom is -0.462 e. The SMILES string of the molecule is CCCCCCC#Cc1nc(C)c(C(=O)OCC)c(-c2ccc(Cl)cc2)n1. The van der Waals surface area contributed by atoms with E-state index in [1.807, 2.05) is 12.1 Å². The molecular formula is C22H25ClN2O2. The first-order valence-corrected chi connectivity index (χ1v) is 9.75. The molecule has 0 aliphatic carbocycles. The summed E-state index contributed by atoms with van der Waals surface area (Å²) in [4.78, 5) is 21.4. The van der Waals surface area contributed by atoms with Gasteiger partial charge in [-0.2, -0.15) is 0 Å². The molecule has 4 nitrogen and oxygen atoms in total. The number of unbranched alkanes of at least 4 members (excludes halogenated alkanes) is 4. The molecule has 1 aromatic carbocycles. The number of ether oxygens (including phenoxy) is 1. The third kappa shape index (κ3) is 6.08. The third-order valence-corrected chi connectivity index (χ3v) is 4.29. The highest BCUT2D eigenvalue weighted by atomic mass is 35.5. The predicted octanol–water partition coefficient (Wildman–Crippen LogP) is 5.60. The standard InChI is InChI=1S/C22H25ClN2O2/c1-4-6-7-8-9-10-11-19-24-16(3)20(22(26)27-5-2)21(25-19)17-12-14-18(23)15-13-17/h12-15H,4-9H2,1-3H3. The van der Waals surface area contributed by atoms with Crippen molar-refractivity contribution < 1.29 is 9.53 Å². The van der Waals surface area contributed by atoms with E-state index < -0.39 is 5.97 Å². The number of halogens is 1. The molecule has 1 aromatic heterocycles. The Morgan fingerprint density at radius 2 is 1.85 bits per heavy atom. The van der Waals surface area contributed by atoms with E-state index in [1.165, 1.54) is 19.3 Å². The van der Waals surface area contributed by atoms with Crippen LogP contribution in [0.25, 0.3) is 11.3 Å². The van der Waals surface area contributed by atoms with Crippen molar-refractivity contribution in [2.45, 2.75) is 52.9 Å². The number of esters is 1. The normalized spacial score (nSPS) is 10.2. The zero-order chi connectivity index (χ0) is 19.6. The third-order valence-electron chi connectivity index (χ3n) is 4.04. The molecular weight excluding hydrogens is 360 g/mol. The van der Waals surface area contributed by atoms with Gasteiger partial charge in [0, 0.05) is 17.0 Å². The lowest BCUT2D eigenvalue weighted by Gasteiger charge is -2.11. The van der Waals surface area contributed by atoms with Crippen LogP contribution in [0.1, 0.15) is 67.8 Å². The summed E-state index contributed by atoms with van der Waals surface area (Å²) in [6.07, 6.45) is 5.51. The quantitative estimate of drug-likeness (QED) is 0.354. The molecule has 2 rings (SSSR count). The van der Waals surface area contributed by atoms with Gasteiger partial charge in [0.25, 0.3) is 0 Å². The molecule has 0 fully saturated rings. The van der Waals surface area contributed by atoms with Gasteiger partial charge in [-0.15, -0.1) is 0 Å². The molecule has 5 heteroatoms. The van der Waals surface area contributed by atoms with Crippen molar-refractivity contribution in [2.75, 3.05) is 6.61 Å². The zero-order valence-electron chi connectivity index (χ0n) is 16.1. The number of hydrogen-bond donors (Lipinski definition) is 0. The van der Waals surface area contributed by atoms with E-state index in [9.17, 15) is 4.79 Å². The van der Waals surface area contributed by atoms with Gasteiger partial charge < -0.3 is 4.74 Å². The largest absolute Gasteiger partial charge is 0.462 e. The molecule has 0 aliphatic heterocycles. The Bertz CT molecular complexity index is 836. The average molecular weight is 385 g/mol. The van der Waals surface area contributed by atoms with E-state index in [-0.39, 0.29) is 6.61 Å². The number of rotatable bonds is 7. The van der Waals surface area contributed by atoms with Crippen molar-refractivity contribution >= 4 is 17.6 Å². The van der Waals surface area contributed by atoms with E-state index in [1.54, 1.807) is 26.0 Å². The lowest BCUT2D eigenvalue weighted by atomic mass is 10.0. The number of hydrogen-bond acceptors (Lipinski definition) is 4. The van der Waals surface area contributed by atoms with Crippen LogP contribution in [0.4, 0.5) is 0 Å². The van der Waals surface area contributed by atoms with Crippen LogP contribution in [0, 0.1) is 18.8 Å². The molecule has 142 valence electrons. The maximum absolute atomic E-state index is 12.4. The minimum atomic E-state index is -0.431. The first-order valence-electron chi connectivity index (χ1n) is 9.37. The highest BCUT2D eigenvalue weighted by molar-refractivity contribution is 6.30. The number of nitrogens with zero attached hydrogens (tertiary/aromatic N) is 2. The van der Waals surface area contributed by atoms with Crippen LogP contribution in [0.15, 0.2) is 24.3 Å². The van der Waals surface area contributed by atoms with Gasteiger partial charge in [-0.1, -0.05) is 55.8 Å². The van der Waals surface area contributed by atoms with E-state index in [2.05, 4.69) is 28.7 Å². The summed E-state index contributed by atoms with van der Waals surface area (Å²) in [5, 5.41) is 0.620. The van der Waals surface area contributed by atoms with Gasteiger partial charge in [-0.25, -0.2) is 14.8 Å². The summed E-state index contributed by atoms with van der Waals surface area (Å²) >= 11 is 5.99. The van der Waals surface area contributed by atoms with Crippen LogP contribution < -0.4 is 0 Å². The lowest BCUT2D eigenvalue weighted by Crippen LogP contribution is -2.12. The summed E-state index contributed by atoms with van der Waals surface area (Å²) < 4.78 is 5.19. The van der Waals surface area contributed by atoms with Gasteiger partial charge in [0.2, 0.25) is 5.82 Å². The van der Waals surface area contributed by atoms with Crippen molar-refractivity contribution in [3.05, 3.63) is 46.4 Å². The summed E-state index contributed by atoms with van der Waals surface area (Å²) in [6, 6.07) is 7.19. The molecule has 0 unspecified atom stereocenters. The van der Waals surface area contributed by atoms with Crippen molar-refractivity contribution in [3.8, 4) is 23.1 Å². The zero-order valence-corrected chi connectivity index (χ0v) is 16.9. The van der Waals surface area contributed by atoms with Gasteiger partial charge >= 0.3 is 5.97 Å². The van der Waals surface area contributed by atoms with Crippen molar-refractivity contribution in [2.24, 2.45) is 0 Å². The molecule has 0 aliphatic rings. The van der Waals surface area contributed by atoms with Gasteiger partial charge in [0.15, 0.2) is 0 Å². The number of carbonyl (C=O) groups is 1. The fourth-order valence-corrected chi connectivity index (χ4v) is 2.80. The predicted molar refractivity (Wildman–Crippen MR) is 109 cm³/mol. The van der Waals surface area contributed by atoms with Crippen molar-refractivity contribution in [1.82, 2.24) is 9.97 Å². The van der Waals surface area contributed by atoms with E-state index in [0.29, 0.717) is 27.8 Å². The van der Waals surface area contributed by atoms with Gasteiger partial charge in [0.1, 0.15) is 5.56 Å². The topological polar surface area (TPSA) is 52.1 Å². The van der Waals surface area contributed by atoms with Crippen LogP contribution in [-0.2, 0) is 4.74 Å². The highest BCUT2D eigenvalue weighted by Crippen LogP contribution is 2.26. The fraction of sp³-hybridized carbons (Fsp3) is 0.409. The van der Waals surface area contributed by atoms with Crippen LogP contribution in [0.3, 0.4) is 0 Å². The molecule has 0 saturated heterocycles. The van der Waals surface area contributed by atoms with Crippen LogP contribution in [0.5, 0.6) is 0 Å². The molecule has 27 heavy (non-hydrogen) atoms. The summed E-state index contributed by atoms with van der Waals surface area (Å²) in [5.41, 5.74) is 2.23. The maximum Gasteiger partial charge on any atom is 0.342 e. The van der Waals surface area contributed by atoms with Crippen LogP contribution >= 0.6 is 11.6 Å². The lowest BCUT2D eigenvalue weighted by molar-refractivity contribution is 0.0525. The van der Waals surface area contributed by atoms with E-state index in [0.717, 1.165) is 18.4 Å². The second-order valence-electron chi connectivity index (χ2n) is 6.20. The number of carbonyl (C=O) groups excluding carboxylic acids is 1. The first kappa shape index (κ1) is 20.9. The second-order valence-corrected chi connectivity index (χ2v) is 6.63. The Hall–Kier alpha value is -2.38. The summed E-state index contributed by atoms with van der Waals surface area (Å²) in [5.74, 6) is 6.15. The molecule has 2 aromatic rings. The Morgan fingerprint density at radius 3 is 2.52 bits per heavy atom. The average Bonchev–Trinajstić information content (AvgIpc) is 2.65. The number of aryl methyl sites for hydroxylation is 1. The van der Waals surface area contributed by atoms with Crippen LogP contribution in [-0.4, -0.2) is 22.5 Å².